The van der Waals surface area contributed by atoms with Gasteiger partial charge in [0, 0.05) is 12.6 Å². The molecule has 2 N–H and O–H groups in total. The van der Waals surface area contributed by atoms with E-state index >= 15 is 0 Å². The van der Waals surface area contributed by atoms with Crippen molar-refractivity contribution in [2.75, 3.05) is 13.1 Å². The smallest absolute Gasteiger partial charge is 0.263 e. The topological polar surface area (TPSA) is 41.1 Å². The van der Waals surface area contributed by atoms with E-state index in [2.05, 4.69) is 10.6 Å². The van der Waals surface area contributed by atoms with Gasteiger partial charge >= 0.3 is 0 Å². The van der Waals surface area contributed by atoms with Gasteiger partial charge in [0.2, 0.25) is 0 Å². The maximum atomic E-state index is 11.7. The zero-order valence-electron chi connectivity index (χ0n) is 7.55. The predicted molar refractivity (Wildman–Crippen MR) is 58.1 cm³/mol. The molecule has 1 fully saturated rings. The van der Waals surface area contributed by atoms with Gasteiger partial charge in [-0.15, -0.1) is 11.3 Å². The third-order valence-corrected chi connectivity index (χ3v) is 3.56. The molecule has 1 aromatic rings. The Morgan fingerprint density at radius 3 is 3.14 bits per heavy atom. The molecular formula is C9H11ClN2OS. The largest absolute Gasteiger partial charge is 0.347 e. The number of hydrogen-bond acceptors (Lipinski definition) is 3. The predicted octanol–water partition coefficient (Wildman–Crippen LogP) is 1.49. The molecule has 1 amide bonds. The number of carbonyl (C=O) groups is 1. The molecule has 3 nitrogen and oxygen atoms in total. The summed E-state index contributed by atoms with van der Waals surface area (Å²) in [5, 5.41) is 8.50. The normalized spacial score (nSPS) is 21.1. The van der Waals surface area contributed by atoms with Crippen LogP contribution in [0.2, 0.25) is 5.02 Å². The van der Waals surface area contributed by atoms with E-state index in [0.717, 1.165) is 19.5 Å². The highest BCUT2D eigenvalue weighted by Gasteiger charge is 2.19. The lowest BCUT2D eigenvalue weighted by molar-refractivity contribution is 0.0944. The first kappa shape index (κ1) is 9.96. The van der Waals surface area contributed by atoms with Gasteiger partial charge < -0.3 is 10.6 Å². The molecule has 1 atom stereocenters. The molecule has 0 saturated carbocycles. The second-order valence-electron chi connectivity index (χ2n) is 3.26. The van der Waals surface area contributed by atoms with Gasteiger partial charge in [0.15, 0.2) is 0 Å². The van der Waals surface area contributed by atoms with Crippen LogP contribution in [0.3, 0.4) is 0 Å². The highest BCUT2D eigenvalue weighted by atomic mass is 35.5. The lowest BCUT2D eigenvalue weighted by Gasteiger charge is -2.09. The highest BCUT2D eigenvalue weighted by molar-refractivity contribution is 7.12. The first-order valence-corrected chi connectivity index (χ1v) is 5.77. The van der Waals surface area contributed by atoms with Crippen molar-refractivity contribution in [3.8, 4) is 0 Å². The summed E-state index contributed by atoms with van der Waals surface area (Å²) in [6.07, 6.45) is 0.995. The first-order chi connectivity index (χ1) is 6.77. The molecule has 0 radical (unpaired) electrons. The van der Waals surface area contributed by atoms with Crippen LogP contribution in [-0.2, 0) is 0 Å². The maximum Gasteiger partial charge on any atom is 0.263 e. The van der Waals surface area contributed by atoms with E-state index in [9.17, 15) is 4.79 Å². The lowest BCUT2D eigenvalue weighted by Crippen LogP contribution is -2.35. The Kier molecular flexibility index (Phi) is 3.05. The van der Waals surface area contributed by atoms with Crippen LogP contribution < -0.4 is 10.6 Å². The summed E-state index contributed by atoms with van der Waals surface area (Å²) in [6, 6.07) is 1.99. The van der Waals surface area contributed by atoms with E-state index in [1.54, 1.807) is 6.07 Å². The Morgan fingerprint density at radius 2 is 2.57 bits per heavy atom. The van der Waals surface area contributed by atoms with Crippen molar-refractivity contribution in [2.24, 2.45) is 0 Å². The summed E-state index contributed by atoms with van der Waals surface area (Å²) in [7, 11) is 0. The van der Waals surface area contributed by atoms with Crippen LogP contribution in [-0.4, -0.2) is 25.0 Å². The van der Waals surface area contributed by atoms with Crippen molar-refractivity contribution in [3.05, 3.63) is 21.3 Å². The van der Waals surface area contributed by atoms with E-state index in [4.69, 9.17) is 11.6 Å². The summed E-state index contributed by atoms with van der Waals surface area (Å²) < 4.78 is 0. The molecule has 1 aliphatic rings. The van der Waals surface area contributed by atoms with E-state index in [0.29, 0.717) is 9.90 Å². The molecule has 1 aliphatic heterocycles. The maximum absolute atomic E-state index is 11.7. The van der Waals surface area contributed by atoms with Gasteiger partial charge in [-0.1, -0.05) is 11.6 Å². The summed E-state index contributed by atoms with van der Waals surface area (Å²) >= 11 is 7.23. The Morgan fingerprint density at radius 1 is 1.71 bits per heavy atom. The van der Waals surface area contributed by atoms with Crippen LogP contribution in [0, 0.1) is 0 Å². The fraction of sp³-hybridized carbons (Fsp3) is 0.444. The Balaban J connectivity index is 1.98. The number of rotatable bonds is 2. The molecule has 1 aromatic heterocycles. The zero-order chi connectivity index (χ0) is 9.97. The van der Waals surface area contributed by atoms with E-state index in [1.807, 2.05) is 5.38 Å². The number of hydrogen-bond donors (Lipinski definition) is 2. The molecule has 0 aromatic carbocycles. The van der Waals surface area contributed by atoms with Gasteiger partial charge in [0.05, 0.1) is 5.02 Å². The summed E-state index contributed by atoms with van der Waals surface area (Å²) in [5.41, 5.74) is 0. The van der Waals surface area contributed by atoms with Crippen molar-refractivity contribution in [2.45, 2.75) is 12.5 Å². The number of nitrogens with one attached hydrogen (secondary N) is 2. The van der Waals surface area contributed by atoms with Gasteiger partial charge in [-0.25, -0.2) is 0 Å². The van der Waals surface area contributed by atoms with E-state index in [-0.39, 0.29) is 11.9 Å². The van der Waals surface area contributed by atoms with Crippen molar-refractivity contribution in [3.63, 3.8) is 0 Å². The number of amides is 1. The van der Waals surface area contributed by atoms with Gasteiger partial charge in [-0.05, 0) is 24.4 Å². The summed E-state index contributed by atoms with van der Waals surface area (Å²) in [4.78, 5) is 12.3. The van der Waals surface area contributed by atoms with E-state index < -0.39 is 0 Å². The van der Waals surface area contributed by atoms with Crippen LogP contribution in [0.1, 0.15) is 16.1 Å². The fourth-order valence-electron chi connectivity index (χ4n) is 1.48. The zero-order valence-corrected chi connectivity index (χ0v) is 9.12. The average molecular weight is 231 g/mol. The molecule has 5 heteroatoms. The Labute approximate surface area is 91.5 Å². The molecule has 0 spiro atoms. The number of carbonyl (C=O) groups excluding carboxylic acids is 1. The average Bonchev–Trinajstić information content (AvgIpc) is 2.75. The standard InChI is InChI=1S/C9H11ClN2OS/c10-7-2-4-14-8(7)9(13)12-6-1-3-11-5-6/h2,4,6,11H,1,3,5H2,(H,12,13)/t6-/m1/s1. The molecule has 2 rings (SSSR count). The second kappa shape index (κ2) is 4.29. The van der Waals surface area contributed by atoms with Gasteiger partial charge in [0.1, 0.15) is 4.88 Å². The van der Waals surface area contributed by atoms with Crippen LogP contribution in [0.25, 0.3) is 0 Å². The molecule has 14 heavy (non-hydrogen) atoms. The van der Waals surface area contributed by atoms with Gasteiger partial charge in [0.25, 0.3) is 5.91 Å². The summed E-state index contributed by atoms with van der Waals surface area (Å²) in [5.74, 6) is -0.0568. The molecule has 0 bridgehead atoms. The number of halogens is 1. The minimum absolute atomic E-state index is 0.0568. The van der Waals surface area contributed by atoms with Crippen LogP contribution >= 0.6 is 22.9 Å². The first-order valence-electron chi connectivity index (χ1n) is 4.52. The molecule has 76 valence electrons. The monoisotopic (exact) mass is 230 g/mol. The minimum Gasteiger partial charge on any atom is -0.347 e. The molecule has 1 saturated heterocycles. The third kappa shape index (κ3) is 2.08. The highest BCUT2D eigenvalue weighted by Crippen LogP contribution is 2.21. The van der Waals surface area contributed by atoms with Crippen molar-refractivity contribution in [1.29, 1.82) is 0 Å². The summed E-state index contributed by atoms with van der Waals surface area (Å²) in [6.45, 7) is 1.83. The molecule has 0 unspecified atom stereocenters. The van der Waals surface area contributed by atoms with Gasteiger partial charge in [-0.3, -0.25) is 4.79 Å². The Hall–Kier alpha value is -0.580. The molecular weight excluding hydrogens is 220 g/mol. The van der Waals surface area contributed by atoms with Crippen molar-refractivity contribution < 1.29 is 4.79 Å². The van der Waals surface area contributed by atoms with Crippen molar-refractivity contribution >= 4 is 28.8 Å². The third-order valence-electron chi connectivity index (χ3n) is 2.22. The van der Waals surface area contributed by atoms with Gasteiger partial charge in [-0.2, -0.15) is 0 Å². The second-order valence-corrected chi connectivity index (χ2v) is 4.58. The quantitative estimate of drug-likeness (QED) is 0.809. The Bertz CT molecular complexity index is 333. The lowest BCUT2D eigenvalue weighted by atomic mass is 10.2. The van der Waals surface area contributed by atoms with Crippen LogP contribution in [0.4, 0.5) is 0 Å². The van der Waals surface area contributed by atoms with E-state index in [1.165, 1.54) is 11.3 Å². The minimum atomic E-state index is -0.0568. The molecule has 2 heterocycles. The SMILES string of the molecule is O=C(N[C@@H]1CCNC1)c1sccc1Cl. The van der Waals surface area contributed by atoms with Crippen LogP contribution in [0.5, 0.6) is 0 Å². The molecule has 0 aliphatic carbocycles. The fourth-order valence-corrected chi connectivity index (χ4v) is 2.53. The number of thiophene rings is 1. The van der Waals surface area contributed by atoms with Crippen molar-refractivity contribution in [1.82, 2.24) is 10.6 Å². The van der Waals surface area contributed by atoms with Crippen LogP contribution in [0.15, 0.2) is 11.4 Å².